The van der Waals surface area contributed by atoms with Gasteiger partial charge in [-0.2, -0.15) is 8.78 Å². The summed E-state index contributed by atoms with van der Waals surface area (Å²) in [5, 5.41) is 2.41. The topological polar surface area (TPSA) is 66.5 Å². The second-order valence-electron chi connectivity index (χ2n) is 5.40. The smallest absolute Gasteiger partial charge is 0.324 e. The van der Waals surface area contributed by atoms with Crippen molar-refractivity contribution >= 4 is 21.4 Å². The van der Waals surface area contributed by atoms with Crippen LogP contribution in [-0.2, 0) is 14.6 Å². The fraction of sp³-hybridized carbons (Fsp3) is 0.533. The molecule has 1 N–H and O–H groups in total. The number of halogens is 2. The predicted molar refractivity (Wildman–Crippen MR) is 85.3 cm³/mol. The highest BCUT2D eigenvalue weighted by molar-refractivity contribution is 7.91. The van der Waals surface area contributed by atoms with Gasteiger partial charge in [-0.1, -0.05) is 25.5 Å². The number of anilines is 1. The van der Waals surface area contributed by atoms with Crippen LogP contribution in [0.25, 0.3) is 0 Å². The van der Waals surface area contributed by atoms with Gasteiger partial charge in [-0.25, -0.2) is 8.42 Å². The number of nitrogens with one attached hydrogen (secondary N) is 1. The van der Waals surface area contributed by atoms with Crippen molar-refractivity contribution in [2.24, 2.45) is 0 Å². The maximum absolute atomic E-state index is 12.7. The number of sulfone groups is 1. The molecular weight excluding hydrogens is 326 g/mol. The van der Waals surface area contributed by atoms with Crippen LogP contribution in [0.5, 0.6) is 0 Å². The van der Waals surface area contributed by atoms with Crippen molar-refractivity contribution in [3.8, 4) is 0 Å². The highest BCUT2D eigenvalue weighted by Gasteiger charge is 2.29. The van der Waals surface area contributed by atoms with E-state index >= 15 is 0 Å². The quantitative estimate of drug-likeness (QED) is 0.784. The third-order valence-corrected chi connectivity index (χ3v) is 4.99. The van der Waals surface area contributed by atoms with Crippen molar-refractivity contribution in [2.45, 2.75) is 43.4 Å². The van der Waals surface area contributed by atoms with Crippen LogP contribution >= 0.6 is 0 Å². The van der Waals surface area contributed by atoms with E-state index in [1.54, 1.807) is 7.05 Å². The first-order chi connectivity index (χ1) is 10.7. The molecule has 1 atom stereocenters. The molecule has 8 heteroatoms. The minimum atomic E-state index is -4.77. The Labute approximate surface area is 135 Å². The van der Waals surface area contributed by atoms with Crippen LogP contribution in [0.15, 0.2) is 29.2 Å². The lowest BCUT2D eigenvalue weighted by atomic mass is 10.2. The van der Waals surface area contributed by atoms with Crippen molar-refractivity contribution in [1.82, 2.24) is 4.90 Å². The minimum Gasteiger partial charge on any atom is -0.324 e. The molecule has 0 aliphatic carbocycles. The maximum atomic E-state index is 12.7. The number of likely N-dealkylation sites (N-methyl/N-ethyl adjacent to an activating group) is 1. The summed E-state index contributed by atoms with van der Waals surface area (Å²) in [7, 11) is -2.99. The van der Waals surface area contributed by atoms with E-state index < -0.39 is 26.4 Å². The number of nitrogens with zero attached hydrogens (tertiary/aromatic N) is 1. The molecule has 1 aromatic carbocycles. The number of rotatable bonds is 8. The molecule has 0 fully saturated rings. The first kappa shape index (κ1) is 19.5. The summed E-state index contributed by atoms with van der Waals surface area (Å²) < 4.78 is 48.7. The van der Waals surface area contributed by atoms with Gasteiger partial charge in [0.1, 0.15) is 0 Å². The molecule has 1 rings (SSSR count). The summed E-state index contributed by atoms with van der Waals surface area (Å²) in [5.74, 6) is -3.99. The summed E-state index contributed by atoms with van der Waals surface area (Å²) in [6, 6.07) is 5.35. The van der Waals surface area contributed by atoms with E-state index in [0.29, 0.717) is 0 Å². The first-order valence-corrected chi connectivity index (χ1v) is 8.86. The van der Waals surface area contributed by atoms with Crippen LogP contribution < -0.4 is 5.32 Å². The summed E-state index contributed by atoms with van der Waals surface area (Å²) in [6.07, 6.45) is 1.89. The molecular formula is C15H22F2N2O3S. The number of hydrogen-bond donors (Lipinski definition) is 1. The molecule has 0 aliphatic heterocycles. The van der Waals surface area contributed by atoms with Crippen LogP contribution in [0.4, 0.5) is 14.5 Å². The van der Waals surface area contributed by atoms with Crippen LogP contribution in [0, 0.1) is 0 Å². The number of amides is 1. The predicted octanol–water partition coefficient (Wildman–Crippen LogP) is 2.74. The lowest BCUT2D eigenvalue weighted by Crippen LogP contribution is -2.36. The normalized spacial score (nSPS) is 13.3. The lowest BCUT2D eigenvalue weighted by molar-refractivity contribution is -0.117. The van der Waals surface area contributed by atoms with Crippen LogP contribution in [0.1, 0.15) is 26.7 Å². The summed E-state index contributed by atoms with van der Waals surface area (Å²) in [5.41, 5.74) is -0.130. The molecule has 0 unspecified atom stereocenters. The zero-order chi connectivity index (χ0) is 17.6. The Kier molecular flexibility index (Phi) is 7.08. The molecule has 0 heterocycles. The number of benzene rings is 1. The molecule has 0 aliphatic rings. The Morgan fingerprint density at radius 3 is 2.48 bits per heavy atom. The lowest BCUT2D eigenvalue weighted by Gasteiger charge is -2.23. The van der Waals surface area contributed by atoms with Gasteiger partial charge in [-0.3, -0.25) is 9.69 Å². The SMILES string of the molecule is CCC[C@@H](C)N(C)CC(=O)Nc1ccccc1S(=O)(=O)C(F)F. The van der Waals surface area contributed by atoms with E-state index in [2.05, 4.69) is 5.32 Å². The number of carbonyl (C=O) groups is 1. The van der Waals surface area contributed by atoms with E-state index in [4.69, 9.17) is 0 Å². The van der Waals surface area contributed by atoms with E-state index in [9.17, 15) is 22.0 Å². The first-order valence-electron chi connectivity index (χ1n) is 7.31. The standard InChI is InChI=1S/C15H22F2N2O3S/c1-4-7-11(2)19(3)10-14(20)18-12-8-5-6-9-13(12)23(21,22)15(16)17/h5-6,8-9,11,15H,4,7,10H2,1-3H3,(H,18,20)/t11-/m1/s1. The highest BCUT2D eigenvalue weighted by Crippen LogP contribution is 2.26. The zero-order valence-electron chi connectivity index (χ0n) is 13.4. The van der Waals surface area contributed by atoms with Crippen LogP contribution in [0.2, 0.25) is 0 Å². The van der Waals surface area contributed by atoms with Gasteiger partial charge in [0.25, 0.3) is 0 Å². The van der Waals surface area contributed by atoms with E-state index in [-0.39, 0.29) is 18.3 Å². The van der Waals surface area contributed by atoms with E-state index in [0.717, 1.165) is 18.9 Å². The molecule has 5 nitrogen and oxygen atoms in total. The van der Waals surface area contributed by atoms with Crippen LogP contribution in [0.3, 0.4) is 0 Å². The van der Waals surface area contributed by atoms with Gasteiger partial charge in [0.15, 0.2) is 0 Å². The average Bonchev–Trinajstić information content (AvgIpc) is 2.47. The van der Waals surface area contributed by atoms with Gasteiger partial charge in [-0.15, -0.1) is 0 Å². The molecule has 0 spiro atoms. The number of para-hydroxylation sites is 1. The molecule has 130 valence electrons. The Hall–Kier alpha value is -1.54. The van der Waals surface area contributed by atoms with Crippen LogP contribution in [-0.4, -0.2) is 44.6 Å². The van der Waals surface area contributed by atoms with Crippen molar-refractivity contribution in [3.63, 3.8) is 0 Å². The summed E-state index contributed by atoms with van der Waals surface area (Å²) >= 11 is 0. The number of alkyl halides is 2. The second kappa shape index (κ2) is 8.35. The Morgan fingerprint density at radius 1 is 1.30 bits per heavy atom. The maximum Gasteiger partial charge on any atom is 0.341 e. The second-order valence-corrected chi connectivity index (χ2v) is 7.29. The van der Waals surface area contributed by atoms with E-state index in [1.807, 2.05) is 18.7 Å². The van der Waals surface area contributed by atoms with Crippen molar-refractivity contribution in [3.05, 3.63) is 24.3 Å². The summed E-state index contributed by atoms with van der Waals surface area (Å²) in [4.78, 5) is 13.3. The Morgan fingerprint density at radius 2 is 1.91 bits per heavy atom. The van der Waals surface area contributed by atoms with Gasteiger partial charge < -0.3 is 5.32 Å². The van der Waals surface area contributed by atoms with Crippen molar-refractivity contribution < 1.29 is 22.0 Å². The fourth-order valence-corrected chi connectivity index (χ4v) is 3.01. The van der Waals surface area contributed by atoms with Gasteiger partial charge in [0.2, 0.25) is 15.7 Å². The van der Waals surface area contributed by atoms with E-state index in [1.165, 1.54) is 18.2 Å². The Bertz CT molecular complexity index is 635. The fourth-order valence-electron chi connectivity index (χ4n) is 2.12. The molecule has 0 aromatic heterocycles. The van der Waals surface area contributed by atoms with Gasteiger partial charge in [-0.05, 0) is 32.5 Å². The largest absolute Gasteiger partial charge is 0.341 e. The zero-order valence-corrected chi connectivity index (χ0v) is 14.2. The minimum absolute atomic E-state index is 0.0459. The van der Waals surface area contributed by atoms with Crippen molar-refractivity contribution in [1.29, 1.82) is 0 Å². The molecule has 0 radical (unpaired) electrons. The van der Waals surface area contributed by atoms with Gasteiger partial charge in [0.05, 0.1) is 17.1 Å². The molecule has 0 saturated carbocycles. The molecule has 1 amide bonds. The monoisotopic (exact) mass is 348 g/mol. The Balaban J connectivity index is 2.88. The summed E-state index contributed by atoms with van der Waals surface area (Å²) in [6.45, 7) is 4.06. The average molecular weight is 348 g/mol. The van der Waals surface area contributed by atoms with Gasteiger partial charge >= 0.3 is 5.76 Å². The number of carbonyl (C=O) groups excluding carboxylic acids is 1. The molecule has 0 bridgehead atoms. The highest BCUT2D eigenvalue weighted by atomic mass is 32.2. The van der Waals surface area contributed by atoms with Crippen molar-refractivity contribution in [2.75, 3.05) is 18.9 Å². The molecule has 1 aromatic rings. The molecule has 23 heavy (non-hydrogen) atoms. The molecule has 0 saturated heterocycles. The number of hydrogen-bond acceptors (Lipinski definition) is 4. The third kappa shape index (κ3) is 5.24. The third-order valence-electron chi connectivity index (χ3n) is 3.55. The van der Waals surface area contributed by atoms with Gasteiger partial charge in [0, 0.05) is 6.04 Å².